The van der Waals surface area contributed by atoms with Crippen molar-refractivity contribution < 1.29 is 33.7 Å². The number of rotatable bonds is 5. The van der Waals surface area contributed by atoms with Gasteiger partial charge in [0.2, 0.25) is 0 Å². The Hall–Kier alpha value is -1.41. The molecule has 4 aliphatic rings. The molecule has 0 heterocycles. The van der Waals surface area contributed by atoms with Crippen molar-refractivity contribution in [2.45, 2.75) is 63.3 Å². The second kappa shape index (κ2) is 7.05. The van der Waals surface area contributed by atoms with Crippen LogP contribution in [0.2, 0.25) is 0 Å². The van der Waals surface area contributed by atoms with E-state index in [9.17, 15) is 19.8 Å². The van der Waals surface area contributed by atoms with Crippen molar-refractivity contribution in [1.82, 2.24) is 0 Å². The van der Waals surface area contributed by atoms with E-state index in [0.29, 0.717) is 25.7 Å². The highest BCUT2D eigenvalue weighted by molar-refractivity contribution is 6.01. The molecule has 4 aliphatic carbocycles. The summed E-state index contributed by atoms with van der Waals surface area (Å²) in [5.74, 6) is -1.30. The molecule has 3 fully saturated rings. The van der Waals surface area contributed by atoms with Crippen molar-refractivity contribution in [2.75, 3.05) is 20.5 Å². The van der Waals surface area contributed by atoms with Gasteiger partial charge in [-0.05, 0) is 57.1 Å². The van der Waals surface area contributed by atoms with Gasteiger partial charge in [-0.3, -0.25) is 9.59 Å². The highest BCUT2D eigenvalue weighted by atomic mass is 19.1. The molecule has 30 heavy (non-hydrogen) atoms. The first kappa shape index (κ1) is 21.8. The predicted molar refractivity (Wildman–Crippen MR) is 106 cm³/mol. The number of aliphatic hydroxyl groups excluding tert-OH is 2. The molecule has 0 spiro atoms. The zero-order valence-electron chi connectivity index (χ0n) is 17.8. The lowest BCUT2D eigenvalue weighted by Gasteiger charge is -2.63. The lowest BCUT2D eigenvalue weighted by molar-refractivity contribution is -0.238. The van der Waals surface area contributed by atoms with Crippen LogP contribution in [0.4, 0.5) is 4.39 Å². The third kappa shape index (κ3) is 2.49. The summed E-state index contributed by atoms with van der Waals surface area (Å²) in [6.45, 7) is 2.85. The Labute approximate surface area is 176 Å². The van der Waals surface area contributed by atoms with E-state index in [1.54, 1.807) is 13.0 Å². The summed E-state index contributed by atoms with van der Waals surface area (Å²) in [4.78, 5) is 24.8. The fourth-order valence-electron chi connectivity index (χ4n) is 7.26. The number of hydrogen-bond donors (Lipinski definition) is 2. The summed E-state index contributed by atoms with van der Waals surface area (Å²) in [5, 5.41) is 21.0. The maximum Gasteiger partial charge on any atom is 0.190 e. The molecule has 0 aliphatic heterocycles. The highest BCUT2D eigenvalue weighted by Gasteiger charge is 2.74. The number of aliphatic hydroxyl groups is 2. The molecule has 3 saturated carbocycles. The van der Waals surface area contributed by atoms with Crippen molar-refractivity contribution >= 4 is 11.6 Å². The maximum atomic E-state index is 17.0. The fourth-order valence-corrected chi connectivity index (χ4v) is 7.26. The summed E-state index contributed by atoms with van der Waals surface area (Å²) in [7, 11) is 1.46. The number of Topliss-reactive ketones (excluding diaryl/α,β-unsaturated/α-hetero) is 1. The minimum atomic E-state index is -1.95. The molecule has 0 aromatic heterocycles. The Kier molecular flexibility index (Phi) is 5.13. The molecule has 0 radical (unpaired) electrons. The molecule has 4 rings (SSSR count). The quantitative estimate of drug-likeness (QED) is 0.661. The molecule has 0 aromatic rings. The van der Waals surface area contributed by atoms with Gasteiger partial charge in [0.05, 0.1) is 6.10 Å². The molecule has 0 amide bonds. The molecule has 0 aromatic carbocycles. The van der Waals surface area contributed by atoms with Gasteiger partial charge in [-0.25, -0.2) is 4.39 Å². The average molecular weight is 422 g/mol. The van der Waals surface area contributed by atoms with Crippen LogP contribution in [0.15, 0.2) is 23.8 Å². The van der Waals surface area contributed by atoms with Crippen LogP contribution in [0.3, 0.4) is 0 Å². The van der Waals surface area contributed by atoms with E-state index >= 15 is 4.39 Å². The monoisotopic (exact) mass is 422 g/mol. The van der Waals surface area contributed by atoms with E-state index in [-0.39, 0.29) is 24.9 Å². The molecular formula is C23H31FO6. The van der Waals surface area contributed by atoms with Crippen LogP contribution in [0, 0.1) is 22.7 Å². The Morgan fingerprint density at radius 3 is 2.70 bits per heavy atom. The Balaban J connectivity index is 1.79. The third-order valence-electron chi connectivity index (χ3n) is 8.78. The average Bonchev–Trinajstić information content (AvgIpc) is 3.00. The number of alkyl halides is 1. The minimum Gasteiger partial charge on any atom is -0.390 e. The van der Waals surface area contributed by atoms with Crippen molar-refractivity contribution in [3.63, 3.8) is 0 Å². The first-order chi connectivity index (χ1) is 14.1. The smallest absolute Gasteiger partial charge is 0.190 e. The number of methoxy groups -OCH3 is 1. The van der Waals surface area contributed by atoms with E-state index < -0.39 is 46.5 Å². The molecule has 6 nitrogen and oxygen atoms in total. The van der Waals surface area contributed by atoms with E-state index in [1.165, 1.54) is 19.3 Å². The van der Waals surface area contributed by atoms with Crippen LogP contribution >= 0.6 is 0 Å². The summed E-state index contributed by atoms with van der Waals surface area (Å²) in [5.41, 5.74) is -4.44. The standard InChI is InChI=1S/C23H31FO6/c1-20-8-6-15(26)10-14(20)4-5-17-16-7-9-22(19(28)12-25,30-13-29-3)21(16,2)11-18(27)23(17,20)24/h6,8,10,16-18,25,27H,4-5,7,9,11-13H2,1-3H3/t16-,17-,18?,20-,21-,22-,23-/m0/s1. The summed E-state index contributed by atoms with van der Waals surface area (Å²) >= 11 is 0. The maximum absolute atomic E-state index is 17.0. The summed E-state index contributed by atoms with van der Waals surface area (Å²) in [6.07, 6.45) is 5.18. The number of halogens is 1. The van der Waals surface area contributed by atoms with E-state index in [4.69, 9.17) is 9.47 Å². The highest BCUT2D eigenvalue weighted by Crippen LogP contribution is 2.70. The van der Waals surface area contributed by atoms with Gasteiger partial charge in [-0.2, -0.15) is 0 Å². The Morgan fingerprint density at radius 2 is 2.03 bits per heavy atom. The molecule has 7 atom stereocenters. The first-order valence-corrected chi connectivity index (χ1v) is 10.7. The van der Waals surface area contributed by atoms with Gasteiger partial charge >= 0.3 is 0 Å². The summed E-state index contributed by atoms with van der Waals surface area (Å²) < 4.78 is 28.0. The molecule has 0 saturated heterocycles. The molecular weight excluding hydrogens is 391 g/mol. The minimum absolute atomic E-state index is 0.0325. The molecule has 7 heteroatoms. The van der Waals surface area contributed by atoms with Crippen molar-refractivity contribution in [2.24, 2.45) is 22.7 Å². The predicted octanol–water partition coefficient (Wildman–Crippen LogP) is 2.28. The third-order valence-corrected chi connectivity index (χ3v) is 8.78. The number of carbonyl (C=O) groups is 2. The van der Waals surface area contributed by atoms with Crippen LogP contribution in [-0.2, 0) is 19.1 Å². The van der Waals surface area contributed by atoms with Crippen LogP contribution in [-0.4, -0.2) is 59.7 Å². The molecule has 0 bridgehead atoms. The van der Waals surface area contributed by atoms with E-state index in [2.05, 4.69) is 0 Å². The Bertz CT molecular complexity index is 823. The lowest BCUT2D eigenvalue weighted by Crippen LogP contribution is -2.69. The summed E-state index contributed by atoms with van der Waals surface area (Å²) in [6, 6.07) is 0. The van der Waals surface area contributed by atoms with Crippen LogP contribution in [0.25, 0.3) is 0 Å². The lowest BCUT2D eigenvalue weighted by atomic mass is 9.44. The van der Waals surface area contributed by atoms with Gasteiger partial charge in [0.15, 0.2) is 17.2 Å². The number of ether oxygens (including phenoxy) is 2. The number of hydrogen-bond acceptors (Lipinski definition) is 6. The van der Waals surface area contributed by atoms with Gasteiger partial charge in [-0.1, -0.05) is 18.6 Å². The second-order valence-corrected chi connectivity index (χ2v) is 9.76. The van der Waals surface area contributed by atoms with Crippen LogP contribution in [0.1, 0.15) is 46.0 Å². The molecule has 1 unspecified atom stereocenters. The molecule has 166 valence electrons. The topological polar surface area (TPSA) is 93.1 Å². The van der Waals surface area contributed by atoms with Gasteiger partial charge in [0.25, 0.3) is 0 Å². The number of ketones is 2. The second-order valence-electron chi connectivity index (χ2n) is 9.76. The van der Waals surface area contributed by atoms with Gasteiger partial charge < -0.3 is 19.7 Å². The van der Waals surface area contributed by atoms with Crippen molar-refractivity contribution in [3.8, 4) is 0 Å². The largest absolute Gasteiger partial charge is 0.390 e. The number of fused-ring (bicyclic) bond motifs is 5. The zero-order valence-corrected chi connectivity index (χ0v) is 17.8. The van der Waals surface area contributed by atoms with Crippen LogP contribution in [0.5, 0.6) is 0 Å². The fraction of sp³-hybridized carbons (Fsp3) is 0.739. The van der Waals surface area contributed by atoms with Crippen LogP contribution < -0.4 is 0 Å². The van der Waals surface area contributed by atoms with Crippen molar-refractivity contribution in [1.29, 1.82) is 0 Å². The Morgan fingerprint density at radius 1 is 1.30 bits per heavy atom. The first-order valence-electron chi connectivity index (χ1n) is 10.7. The van der Waals surface area contributed by atoms with Crippen molar-refractivity contribution in [3.05, 3.63) is 23.8 Å². The van der Waals surface area contributed by atoms with Gasteiger partial charge in [0, 0.05) is 23.9 Å². The molecule has 2 N–H and O–H groups in total. The number of carbonyl (C=O) groups excluding carboxylic acids is 2. The van der Waals surface area contributed by atoms with E-state index in [0.717, 1.165) is 5.57 Å². The number of allylic oxidation sites excluding steroid dienone is 4. The van der Waals surface area contributed by atoms with Gasteiger partial charge in [-0.15, -0.1) is 0 Å². The zero-order chi connectivity index (χ0) is 21.9. The van der Waals surface area contributed by atoms with E-state index in [1.807, 2.05) is 6.92 Å². The SMILES string of the molecule is COCO[C@]1(C(=O)CO)CC[C@H]2[C@@H]3CCC4=CC(=O)C=C[C@]4(C)[C@@]3(F)C(O)C[C@@]21C. The van der Waals surface area contributed by atoms with Gasteiger partial charge in [0.1, 0.15) is 19.0 Å². The normalized spacial score (nSPS) is 47.3.